The zero-order valence-corrected chi connectivity index (χ0v) is 25.7. The van der Waals surface area contributed by atoms with E-state index in [-0.39, 0.29) is 0 Å². The van der Waals surface area contributed by atoms with Crippen molar-refractivity contribution in [3.63, 3.8) is 0 Å². The lowest BCUT2D eigenvalue weighted by Crippen LogP contribution is -1.94. The Morgan fingerprint density at radius 1 is 0.354 bits per heavy atom. The van der Waals surface area contributed by atoms with Crippen molar-refractivity contribution in [1.82, 2.24) is 29.9 Å². The van der Waals surface area contributed by atoms with Crippen molar-refractivity contribution in [3.8, 4) is 56.3 Å². The number of nitrogens with zero attached hydrogens (tertiary/aromatic N) is 6. The maximum absolute atomic E-state index is 5.22. The second-order valence-corrected chi connectivity index (χ2v) is 11.6. The summed E-state index contributed by atoms with van der Waals surface area (Å²) in [5, 5.41) is 3.22. The van der Waals surface area contributed by atoms with Crippen molar-refractivity contribution in [2.75, 3.05) is 0 Å². The van der Waals surface area contributed by atoms with E-state index in [0.29, 0.717) is 0 Å². The highest BCUT2D eigenvalue weighted by Gasteiger charge is 2.15. The summed E-state index contributed by atoms with van der Waals surface area (Å²) in [4.78, 5) is 28.7. The molecule has 6 heterocycles. The number of aromatic nitrogens is 6. The minimum absolute atomic E-state index is 0.798. The molecule has 6 aromatic heterocycles. The molecule has 0 N–H and O–H groups in total. The summed E-state index contributed by atoms with van der Waals surface area (Å²) in [5.74, 6) is 0. The van der Waals surface area contributed by atoms with Crippen LogP contribution in [0, 0.1) is 0 Å². The summed E-state index contributed by atoms with van der Waals surface area (Å²) in [7, 11) is 0. The highest BCUT2D eigenvalue weighted by atomic mass is 14.8. The summed E-state index contributed by atoms with van der Waals surface area (Å²) < 4.78 is 0. The summed E-state index contributed by atoms with van der Waals surface area (Å²) in [5.41, 5.74) is 12.2. The maximum atomic E-state index is 5.22. The summed E-state index contributed by atoms with van der Waals surface area (Å²) in [6.45, 7) is 0. The van der Waals surface area contributed by atoms with Gasteiger partial charge in [0.1, 0.15) is 0 Å². The molecule has 0 amide bonds. The molecule has 3 aromatic carbocycles. The average Bonchev–Trinajstić information content (AvgIpc) is 3.17. The van der Waals surface area contributed by atoms with Crippen LogP contribution in [0.25, 0.3) is 89.0 Å². The Balaban J connectivity index is 1.16. The van der Waals surface area contributed by atoms with Crippen LogP contribution in [-0.2, 0) is 0 Å². The van der Waals surface area contributed by atoms with Crippen LogP contribution in [-0.4, -0.2) is 29.9 Å². The van der Waals surface area contributed by atoms with Gasteiger partial charge in [0.15, 0.2) is 0 Å². The Labute approximate surface area is 276 Å². The first-order valence-electron chi connectivity index (χ1n) is 15.8. The van der Waals surface area contributed by atoms with E-state index < -0.39 is 0 Å². The molecule has 0 unspecified atom stereocenters. The van der Waals surface area contributed by atoms with Crippen LogP contribution in [0.3, 0.4) is 0 Å². The number of para-hydroxylation sites is 1. The van der Waals surface area contributed by atoms with E-state index >= 15 is 0 Å². The molecule has 224 valence electrons. The second-order valence-electron chi connectivity index (χ2n) is 11.6. The number of hydrogen-bond donors (Lipinski definition) is 0. The topological polar surface area (TPSA) is 77.3 Å². The Bertz CT molecular complexity index is 2530. The SMILES string of the molecule is c1ccc(-c2cc(-c3ccc(-c4ccc5ccc6c(-c7ccncc7)c7ccccc7nc6c5n4)cc3)cc(-c3ccccn3)n2)nc1. The molecular formula is C42H26N6. The molecule has 9 aromatic rings. The molecule has 0 spiro atoms. The van der Waals surface area contributed by atoms with E-state index in [9.17, 15) is 0 Å². The summed E-state index contributed by atoms with van der Waals surface area (Å²) in [6.07, 6.45) is 7.25. The molecule has 0 fully saturated rings. The predicted octanol–water partition coefficient (Wildman–Crippen LogP) is 9.85. The number of hydrogen-bond acceptors (Lipinski definition) is 6. The lowest BCUT2D eigenvalue weighted by molar-refractivity contribution is 1.22. The van der Waals surface area contributed by atoms with Crippen LogP contribution in [0.2, 0.25) is 0 Å². The molecule has 0 aliphatic carbocycles. The van der Waals surface area contributed by atoms with Crippen LogP contribution in [0.5, 0.6) is 0 Å². The van der Waals surface area contributed by atoms with Gasteiger partial charge in [0.25, 0.3) is 0 Å². The zero-order valence-electron chi connectivity index (χ0n) is 25.7. The third kappa shape index (κ3) is 4.93. The average molecular weight is 615 g/mol. The van der Waals surface area contributed by atoms with Gasteiger partial charge in [-0.2, -0.15) is 0 Å². The fraction of sp³-hybridized carbons (Fsp3) is 0. The number of fused-ring (bicyclic) bond motifs is 4. The standard InChI is InChI=1S/C42H26N6/c1-2-8-35-32(7-1)40(29-19-23-43-24-20-29)33-17-15-30-16-18-34(47-41(30)42(33)48-35)28-13-11-27(12-14-28)31-25-38(36-9-3-5-21-44-36)46-39(26-31)37-10-4-6-22-45-37/h1-26H. The fourth-order valence-electron chi connectivity index (χ4n) is 6.35. The molecule has 0 saturated carbocycles. The molecule has 9 rings (SSSR count). The molecule has 0 aliphatic heterocycles. The molecule has 0 saturated heterocycles. The minimum atomic E-state index is 0.798. The quantitative estimate of drug-likeness (QED) is 0.142. The Kier molecular flexibility index (Phi) is 6.68. The first-order valence-corrected chi connectivity index (χ1v) is 15.8. The fourth-order valence-corrected chi connectivity index (χ4v) is 6.35. The van der Waals surface area contributed by atoms with E-state index in [4.69, 9.17) is 15.0 Å². The van der Waals surface area contributed by atoms with Crippen LogP contribution in [0.1, 0.15) is 0 Å². The van der Waals surface area contributed by atoms with Gasteiger partial charge in [0.05, 0.1) is 45.0 Å². The predicted molar refractivity (Wildman–Crippen MR) is 193 cm³/mol. The maximum Gasteiger partial charge on any atom is 0.0978 e. The first kappa shape index (κ1) is 27.6. The van der Waals surface area contributed by atoms with Crippen LogP contribution in [0.15, 0.2) is 158 Å². The van der Waals surface area contributed by atoms with Gasteiger partial charge in [-0.1, -0.05) is 72.8 Å². The number of benzene rings is 3. The molecular weight excluding hydrogens is 589 g/mol. The normalized spacial score (nSPS) is 11.3. The van der Waals surface area contributed by atoms with E-state index in [1.807, 2.05) is 54.9 Å². The first-order chi connectivity index (χ1) is 23.8. The molecule has 6 nitrogen and oxygen atoms in total. The van der Waals surface area contributed by atoms with Gasteiger partial charge in [-0.3, -0.25) is 15.0 Å². The molecule has 48 heavy (non-hydrogen) atoms. The molecule has 0 bridgehead atoms. The van der Waals surface area contributed by atoms with Crippen molar-refractivity contribution in [2.45, 2.75) is 0 Å². The zero-order chi connectivity index (χ0) is 31.9. The summed E-state index contributed by atoms with van der Waals surface area (Å²) in [6, 6.07) is 45.3. The Morgan fingerprint density at radius 2 is 1.02 bits per heavy atom. The van der Waals surface area contributed by atoms with Gasteiger partial charge in [-0.05, 0) is 77.4 Å². The van der Waals surface area contributed by atoms with Crippen LogP contribution in [0.4, 0.5) is 0 Å². The monoisotopic (exact) mass is 614 g/mol. The van der Waals surface area contributed by atoms with Crippen molar-refractivity contribution in [1.29, 1.82) is 0 Å². The van der Waals surface area contributed by atoms with Crippen molar-refractivity contribution < 1.29 is 0 Å². The highest BCUT2D eigenvalue weighted by molar-refractivity contribution is 6.16. The second kappa shape index (κ2) is 11.6. The van der Waals surface area contributed by atoms with Crippen molar-refractivity contribution >= 4 is 32.7 Å². The van der Waals surface area contributed by atoms with Crippen LogP contribution < -0.4 is 0 Å². The largest absolute Gasteiger partial charge is 0.265 e. The van der Waals surface area contributed by atoms with E-state index in [1.54, 1.807) is 12.4 Å². The third-order valence-electron chi connectivity index (χ3n) is 8.67. The van der Waals surface area contributed by atoms with Gasteiger partial charge < -0.3 is 0 Å². The number of pyridine rings is 6. The van der Waals surface area contributed by atoms with Gasteiger partial charge in [-0.15, -0.1) is 0 Å². The van der Waals surface area contributed by atoms with E-state index in [0.717, 1.165) is 89.0 Å². The Hall–Kier alpha value is -6.66. The molecule has 0 aliphatic rings. The van der Waals surface area contributed by atoms with Crippen molar-refractivity contribution in [3.05, 3.63) is 158 Å². The van der Waals surface area contributed by atoms with E-state index in [2.05, 4.69) is 106 Å². The van der Waals surface area contributed by atoms with E-state index in [1.165, 1.54) is 0 Å². The molecule has 0 atom stereocenters. The molecule has 6 heteroatoms. The lowest BCUT2D eigenvalue weighted by Gasteiger charge is -2.13. The van der Waals surface area contributed by atoms with Gasteiger partial charge in [-0.25, -0.2) is 15.0 Å². The van der Waals surface area contributed by atoms with Crippen LogP contribution >= 0.6 is 0 Å². The lowest BCUT2D eigenvalue weighted by atomic mass is 9.95. The minimum Gasteiger partial charge on any atom is -0.265 e. The van der Waals surface area contributed by atoms with Gasteiger partial charge in [0.2, 0.25) is 0 Å². The third-order valence-corrected chi connectivity index (χ3v) is 8.67. The van der Waals surface area contributed by atoms with Gasteiger partial charge >= 0.3 is 0 Å². The van der Waals surface area contributed by atoms with Crippen molar-refractivity contribution in [2.24, 2.45) is 0 Å². The Morgan fingerprint density at radius 3 is 1.73 bits per heavy atom. The number of rotatable bonds is 5. The molecule has 0 radical (unpaired) electrons. The van der Waals surface area contributed by atoms with Gasteiger partial charge in [0, 0.05) is 52.1 Å². The smallest absolute Gasteiger partial charge is 0.0978 e. The summed E-state index contributed by atoms with van der Waals surface area (Å²) >= 11 is 0. The highest BCUT2D eigenvalue weighted by Crippen LogP contribution is 2.38.